The topological polar surface area (TPSA) is 59.0 Å². The molecule has 26 heavy (non-hydrogen) atoms. The number of benzene rings is 2. The van der Waals surface area contributed by atoms with Crippen molar-refractivity contribution in [2.45, 2.75) is 26.0 Å². The Kier molecular flexibility index (Phi) is 5.91. The van der Waals surface area contributed by atoms with Crippen LogP contribution in [0.25, 0.3) is 0 Å². The first-order chi connectivity index (χ1) is 12.6. The molecule has 3 rings (SSSR count). The molecule has 5 nitrogen and oxygen atoms in total. The van der Waals surface area contributed by atoms with E-state index in [0.717, 1.165) is 19.5 Å². The molecule has 0 aliphatic carbocycles. The van der Waals surface area contributed by atoms with Crippen LogP contribution in [0, 0.1) is 0 Å². The predicted molar refractivity (Wildman–Crippen MR) is 99.9 cm³/mol. The van der Waals surface area contributed by atoms with Gasteiger partial charge in [-0.2, -0.15) is 0 Å². The molecule has 5 heteroatoms. The van der Waals surface area contributed by atoms with Crippen LogP contribution in [0.3, 0.4) is 0 Å². The second kappa shape index (κ2) is 8.34. The van der Waals surface area contributed by atoms with Crippen LogP contribution < -0.4 is 9.47 Å². The summed E-state index contributed by atoms with van der Waals surface area (Å²) < 4.78 is 11.0. The van der Waals surface area contributed by atoms with E-state index < -0.39 is 6.10 Å². The number of Topliss-reactive ketones (excluding diaryl/α,β-unsaturated/α-hetero) is 1. The first-order valence-electron chi connectivity index (χ1n) is 8.86. The predicted octanol–water partition coefficient (Wildman–Crippen LogP) is 2.70. The Morgan fingerprint density at radius 3 is 2.69 bits per heavy atom. The van der Waals surface area contributed by atoms with E-state index in [1.54, 1.807) is 18.2 Å². The molecule has 1 aliphatic rings. The van der Waals surface area contributed by atoms with Gasteiger partial charge in [-0.1, -0.05) is 24.3 Å². The van der Waals surface area contributed by atoms with Gasteiger partial charge in [0.25, 0.3) is 0 Å². The highest BCUT2D eigenvalue weighted by atomic mass is 16.5. The Morgan fingerprint density at radius 2 is 1.96 bits per heavy atom. The number of hydrogen-bond acceptors (Lipinski definition) is 5. The number of ketones is 1. The Hall–Kier alpha value is -2.37. The maximum Gasteiger partial charge on any atom is 0.161 e. The molecule has 0 spiro atoms. The van der Waals surface area contributed by atoms with E-state index in [4.69, 9.17) is 9.47 Å². The molecule has 2 aromatic rings. The minimum Gasteiger partial charge on any atom is -0.493 e. The number of β-amino-alcohol motifs (C(OH)–C–C–N with tert-alkyl or cyclic N) is 1. The number of fused-ring (bicyclic) bond motifs is 1. The Balaban J connectivity index is 1.55. The summed E-state index contributed by atoms with van der Waals surface area (Å²) in [5.41, 5.74) is 3.29. The van der Waals surface area contributed by atoms with E-state index in [1.165, 1.54) is 25.2 Å². The van der Waals surface area contributed by atoms with E-state index in [0.29, 0.717) is 23.6 Å². The minimum atomic E-state index is -0.600. The summed E-state index contributed by atoms with van der Waals surface area (Å²) >= 11 is 0. The maximum atomic E-state index is 11.5. The summed E-state index contributed by atoms with van der Waals surface area (Å²) in [4.78, 5) is 13.7. The van der Waals surface area contributed by atoms with Crippen molar-refractivity contribution >= 4 is 5.78 Å². The fourth-order valence-electron chi connectivity index (χ4n) is 3.25. The van der Waals surface area contributed by atoms with Gasteiger partial charge in [0.15, 0.2) is 17.3 Å². The number of ether oxygens (including phenoxy) is 2. The molecule has 138 valence electrons. The third-order valence-corrected chi connectivity index (χ3v) is 4.68. The molecular formula is C21H25NO4. The van der Waals surface area contributed by atoms with Crippen molar-refractivity contribution in [2.75, 3.05) is 26.8 Å². The largest absolute Gasteiger partial charge is 0.493 e. The summed E-state index contributed by atoms with van der Waals surface area (Å²) in [6.45, 7) is 4.03. The number of methoxy groups -OCH3 is 1. The molecule has 1 N–H and O–H groups in total. The Bertz CT molecular complexity index is 774. The molecule has 0 aromatic heterocycles. The van der Waals surface area contributed by atoms with Gasteiger partial charge < -0.3 is 14.6 Å². The number of aliphatic hydroxyl groups is 1. The van der Waals surface area contributed by atoms with Crippen LogP contribution in [0.4, 0.5) is 0 Å². The van der Waals surface area contributed by atoms with Crippen molar-refractivity contribution < 1.29 is 19.4 Å². The van der Waals surface area contributed by atoms with Gasteiger partial charge in [-0.25, -0.2) is 0 Å². The average molecular weight is 355 g/mol. The van der Waals surface area contributed by atoms with E-state index in [9.17, 15) is 9.90 Å². The van der Waals surface area contributed by atoms with Crippen LogP contribution >= 0.6 is 0 Å². The standard InChI is InChI=1S/C21H25NO4/c1-15(23)17-7-8-20(21(11-17)25-2)26-14-19(24)13-22-10-9-16-5-3-4-6-18(16)12-22/h3-8,11,19,24H,9-10,12-14H2,1-2H3/t19-/m1/s1. The number of carbonyl (C=O) groups is 1. The highest BCUT2D eigenvalue weighted by molar-refractivity contribution is 5.94. The molecule has 0 fully saturated rings. The number of rotatable bonds is 7. The lowest BCUT2D eigenvalue weighted by Gasteiger charge is -2.30. The smallest absolute Gasteiger partial charge is 0.161 e. The summed E-state index contributed by atoms with van der Waals surface area (Å²) in [5.74, 6) is 0.998. The minimum absolute atomic E-state index is 0.0275. The van der Waals surface area contributed by atoms with Gasteiger partial charge in [0, 0.05) is 25.2 Å². The van der Waals surface area contributed by atoms with Gasteiger partial charge in [-0.3, -0.25) is 9.69 Å². The van der Waals surface area contributed by atoms with Crippen molar-refractivity contribution in [2.24, 2.45) is 0 Å². The van der Waals surface area contributed by atoms with E-state index >= 15 is 0 Å². The van der Waals surface area contributed by atoms with Crippen molar-refractivity contribution in [1.29, 1.82) is 0 Å². The molecule has 0 amide bonds. The molecule has 1 aliphatic heterocycles. The van der Waals surface area contributed by atoms with E-state index in [2.05, 4.69) is 29.2 Å². The van der Waals surface area contributed by atoms with Crippen LogP contribution in [0.15, 0.2) is 42.5 Å². The lowest BCUT2D eigenvalue weighted by molar-refractivity contribution is 0.0628. The number of hydrogen-bond donors (Lipinski definition) is 1. The molecule has 1 atom stereocenters. The van der Waals surface area contributed by atoms with Crippen LogP contribution in [-0.4, -0.2) is 48.7 Å². The zero-order valence-electron chi connectivity index (χ0n) is 15.3. The quantitative estimate of drug-likeness (QED) is 0.774. The SMILES string of the molecule is COc1cc(C(C)=O)ccc1OC[C@H](O)CN1CCc2ccccc2C1. The van der Waals surface area contributed by atoms with Crippen LogP contribution in [0.5, 0.6) is 11.5 Å². The van der Waals surface area contributed by atoms with Crippen molar-refractivity contribution in [3.05, 3.63) is 59.2 Å². The Labute approximate surface area is 154 Å². The summed E-state index contributed by atoms with van der Waals surface area (Å²) in [5, 5.41) is 10.4. The van der Waals surface area contributed by atoms with Gasteiger partial charge in [0.1, 0.15) is 12.7 Å². The zero-order valence-corrected chi connectivity index (χ0v) is 15.3. The second-order valence-electron chi connectivity index (χ2n) is 6.64. The van der Waals surface area contributed by atoms with Crippen LogP contribution in [-0.2, 0) is 13.0 Å². The van der Waals surface area contributed by atoms with Gasteiger partial charge in [-0.05, 0) is 42.7 Å². The van der Waals surface area contributed by atoms with Crippen molar-refractivity contribution in [3.63, 3.8) is 0 Å². The molecule has 0 unspecified atom stereocenters. The van der Waals surface area contributed by atoms with Gasteiger partial charge >= 0.3 is 0 Å². The fraction of sp³-hybridized carbons (Fsp3) is 0.381. The summed E-state index contributed by atoms with van der Waals surface area (Å²) in [6, 6.07) is 13.5. The summed E-state index contributed by atoms with van der Waals surface area (Å²) in [7, 11) is 1.54. The summed E-state index contributed by atoms with van der Waals surface area (Å²) in [6.07, 6.45) is 0.404. The molecule has 2 aromatic carbocycles. The molecule has 0 radical (unpaired) electrons. The number of carbonyl (C=O) groups excluding carboxylic acids is 1. The molecule has 0 saturated heterocycles. The Morgan fingerprint density at radius 1 is 1.19 bits per heavy atom. The molecule has 0 bridgehead atoms. The number of nitrogens with zero attached hydrogens (tertiary/aromatic N) is 1. The monoisotopic (exact) mass is 355 g/mol. The van der Waals surface area contributed by atoms with Crippen LogP contribution in [0.1, 0.15) is 28.4 Å². The van der Waals surface area contributed by atoms with Gasteiger partial charge in [0.05, 0.1) is 7.11 Å². The molecular weight excluding hydrogens is 330 g/mol. The van der Waals surface area contributed by atoms with Gasteiger partial charge in [-0.15, -0.1) is 0 Å². The fourth-order valence-corrected chi connectivity index (χ4v) is 3.25. The highest BCUT2D eigenvalue weighted by Crippen LogP contribution is 2.28. The first-order valence-corrected chi connectivity index (χ1v) is 8.86. The maximum absolute atomic E-state index is 11.5. The zero-order chi connectivity index (χ0) is 18.5. The third-order valence-electron chi connectivity index (χ3n) is 4.68. The second-order valence-corrected chi connectivity index (χ2v) is 6.64. The van der Waals surface area contributed by atoms with Crippen molar-refractivity contribution in [1.82, 2.24) is 4.90 Å². The lowest BCUT2D eigenvalue weighted by atomic mass is 10.00. The molecule has 0 saturated carbocycles. The lowest BCUT2D eigenvalue weighted by Crippen LogP contribution is -2.38. The van der Waals surface area contributed by atoms with E-state index in [-0.39, 0.29) is 12.4 Å². The number of aliphatic hydroxyl groups excluding tert-OH is 1. The average Bonchev–Trinajstić information content (AvgIpc) is 2.66. The highest BCUT2D eigenvalue weighted by Gasteiger charge is 2.19. The van der Waals surface area contributed by atoms with E-state index in [1.807, 2.05) is 0 Å². The van der Waals surface area contributed by atoms with Crippen LogP contribution in [0.2, 0.25) is 0 Å². The van der Waals surface area contributed by atoms with Gasteiger partial charge in [0.2, 0.25) is 0 Å². The third kappa shape index (κ3) is 4.42. The molecule has 1 heterocycles. The normalized spacial score (nSPS) is 15.2. The van der Waals surface area contributed by atoms with Crippen molar-refractivity contribution in [3.8, 4) is 11.5 Å². The first kappa shape index (κ1) is 18.4.